The van der Waals surface area contributed by atoms with Gasteiger partial charge in [-0.25, -0.2) is 0 Å². The molecule has 5 heteroatoms. The van der Waals surface area contributed by atoms with E-state index in [1.54, 1.807) is 25.1 Å². The normalized spacial score (nSPS) is 12.3. The van der Waals surface area contributed by atoms with Crippen LogP contribution in [0.5, 0.6) is 0 Å². The van der Waals surface area contributed by atoms with Gasteiger partial charge in [0.2, 0.25) is 0 Å². The van der Waals surface area contributed by atoms with Crippen LogP contribution in [0.4, 0.5) is 5.69 Å². The Kier molecular flexibility index (Phi) is 4.39. The zero-order valence-corrected chi connectivity index (χ0v) is 9.89. The molecule has 0 aromatic heterocycles. The van der Waals surface area contributed by atoms with Crippen molar-refractivity contribution in [2.75, 3.05) is 12.4 Å². The predicted molar refractivity (Wildman–Crippen MR) is 61.6 cm³/mol. The van der Waals surface area contributed by atoms with Gasteiger partial charge in [-0.2, -0.15) is 0 Å². The van der Waals surface area contributed by atoms with E-state index < -0.39 is 6.10 Å². The molecule has 0 aliphatic rings. The van der Waals surface area contributed by atoms with E-state index in [-0.39, 0.29) is 5.91 Å². The van der Waals surface area contributed by atoms with Crippen molar-refractivity contribution in [2.24, 2.45) is 0 Å². The summed E-state index contributed by atoms with van der Waals surface area (Å²) in [6.07, 6.45) is -0.528. The molecule has 15 heavy (non-hydrogen) atoms. The first-order valence-electron chi connectivity index (χ1n) is 4.34. The van der Waals surface area contributed by atoms with Gasteiger partial charge in [0.05, 0.1) is 15.7 Å². The van der Waals surface area contributed by atoms with Crippen LogP contribution in [0.2, 0.25) is 10.0 Å². The second-order valence-electron chi connectivity index (χ2n) is 2.97. The Hall–Kier alpha value is -0.770. The molecule has 1 unspecified atom stereocenters. The minimum absolute atomic E-state index is 0.262. The van der Waals surface area contributed by atoms with Gasteiger partial charge in [-0.1, -0.05) is 29.3 Å². The smallest absolute Gasteiger partial charge is 0.253 e. The summed E-state index contributed by atoms with van der Waals surface area (Å²) in [4.78, 5) is 11.5. The van der Waals surface area contributed by atoms with Crippen LogP contribution in [0.3, 0.4) is 0 Å². The number of hydrogen-bond acceptors (Lipinski definition) is 2. The molecule has 0 saturated heterocycles. The second-order valence-corrected chi connectivity index (χ2v) is 3.75. The molecule has 0 aliphatic heterocycles. The fourth-order valence-corrected chi connectivity index (χ4v) is 1.29. The number of rotatable bonds is 3. The molecule has 1 aromatic rings. The van der Waals surface area contributed by atoms with E-state index in [0.29, 0.717) is 15.7 Å². The predicted octanol–water partition coefficient (Wildman–Crippen LogP) is 2.97. The number of nitrogens with one attached hydrogen (secondary N) is 1. The summed E-state index contributed by atoms with van der Waals surface area (Å²) in [5, 5.41) is 3.35. The quantitative estimate of drug-likeness (QED) is 0.892. The van der Waals surface area contributed by atoms with Crippen LogP contribution in [0.15, 0.2) is 18.2 Å². The molecule has 0 fully saturated rings. The number of carbonyl (C=O) groups is 1. The molecular formula is C10H11Cl2NO2. The first kappa shape index (κ1) is 12.3. The molecule has 0 radical (unpaired) electrons. The summed E-state index contributed by atoms with van der Waals surface area (Å²) >= 11 is 11.7. The fourth-order valence-electron chi connectivity index (χ4n) is 0.942. The summed E-state index contributed by atoms with van der Waals surface area (Å²) < 4.78 is 4.87. The van der Waals surface area contributed by atoms with E-state index in [4.69, 9.17) is 27.9 Å². The number of hydrogen-bond donors (Lipinski definition) is 1. The van der Waals surface area contributed by atoms with Crippen LogP contribution in [-0.4, -0.2) is 19.1 Å². The number of halogens is 2. The van der Waals surface area contributed by atoms with Crippen molar-refractivity contribution in [2.45, 2.75) is 13.0 Å². The van der Waals surface area contributed by atoms with Crippen LogP contribution in [0.25, 0.3) is 0 Å². The molecule has 82 valence electrons. The highest BCUT2D eigenvalue weighted by atomic mass is 35.5. The Morgan fingerprint density at radius 3 is 2.73 bits per heavy atom. The third-order valence-electron chi connectivity index (χ3n) is 1.93. The number of carbonyl (C=O) groups excluding carboxylic acids is 1. The summed E-state index contributed by atoms with van der Waals surface area (Å²) in [6.45, 7) is 1.65. The molecule has 0 heterocycles. The van der Waals surface area contributed by atoms with E-state index in [9.17, 15) is 4.79 Å². The monoisotopic (exact) mass is 247 g/mol. The van der Waals surface area contributed by atoms with Crippen molar-refractivity contribution in [1.82, 2.24) is 0 Å². The standard InChI is InChI=1S/C10H11Cl2NO2/c1-6(15-2)10(14)13-8-5-3-4-7(11)9(8)12/h3-6H,1-2H3,(H,13,14). The van der Waals surface area contributed by atoms with Crippen molar-refractivity contribution in [3.63, 3.8) is 0 Å². The van der Waals surface area contributed by atoms with Gasteiger partial charge < -0.3 is 10.1 Å². The maximum absolute atomic E-state index is 11.5. The van der Waals surface area contributed by atoms with Crippen LogP contribution in [0, 0.1) is 0 Å². The van der Waals surface area contributed by atoms with Crippen LogP contribution in [0.1, 0.15) is 6.92 Å². The molecule has 0 saturated carbocycles. The lowest BCUT2D eigenvalue weighted by atomic mass is 10.3. The largest absolute Gasteiger partial charge is 0.372 e. The van der Waals surface area contributed by atoms with Crippen molar-refractivity contribution >= 4 is 34.8 Å². The highest BCUT2D eigenvalue weighted by molar-refractivity contribution is 6.44. The number of benzene rings is 1. The van der Waals surface area contributed by atoms with Gasteiger partial charge in [-0.15, -0.1) is 0 Å². The summed E-state index contributed by atoms with van der Waals surface area (Å²) in [6, 6.07) is 5.04. The second kappa shape index (κ2) is 5.35. The molecule has 0 spiro atoms. The van der Waals surface area contributed by atoms with Gasteiger partial charge in [0.1, 0.15) is 6.10 Å². The Morgan fingerprint density at radius 1 is 1.47 bits per heavy atom. The van der Waals surface area contributed by atoms with Crippen molar-refractivity contribution in [3.05, 3.63) is 28.2 Å². The molecule has 3 nitrogen and oxygen atoms in total. The zero-order chi connectivity index (χ0) is 11.4. The van der Waals surface area contributed by atoms with Crippen LogP contribution >= 0.6 is 23.2 Å². The lowest BCUT2D eigenvalue weighted by Gasteiger charge is -2.11. The van der Waals surface area contributed by atoms with Crippen molar-refractivity contribution < 1.29 is 9.53 Å². The van der Waals surface area contributed by atoms with Crippen molar-refractivity contribution in [3.8, 4) is 0 Å². The summed E-state index contributed by atoms with van der Waals surface area (Å²) in [5.74, 6) is -0.262. The molecule has 1 aromatic carbocycles. The van der Waals surface area contributed by atoms with Gasteiger partial charge in [0.15, 0.2) is 0 Å². The SMILES string of the molecule is COC(C)C(=O)Nc1cccc(Cl)c1Cl. The maximum Gasteiger partial charge on any atom is 0.253 e. The van der Waals surface area contributed by atoms with E-state index in [0.717, 1.165) is 0 Å². The number of methoxy groups -OCH3 is 1. The number of ether oxygens (including phenoxy) is 1. The Morgan fingerprint density at radius 2 is 2.13 bits per heavy atom. The molecule has 1 rings (SSSR count). The van der Waals surface area contributed by atoms with Crippen LogP contribution < -0.4 is 5.32 Å². The third kappa shape index (κ3) is 3.09. The molecule has 1 atom stereocenters. The number of amides is 1. The highest BCUT2D eigenvalue weighted by Crippen LogP contribution is 2.29. The number of anilines is 1. The molecule has 1 amide bonds. The molecule has 0 aliphatic carbocycles. The van der Waals surface area contributed by atoms with Gasteiger partial charge in [-0.05, 0) is 19.1 Å². The average Bonchev–Trinajstić information content (AvgIpc) is 2.23. The lowest BCUT2D eigenvalue weighted by Crippen LogP contribution is -2.26. The Labute approximate surface area is 98.3 Å². The van der Waals surface area contributed by atoms with Crippen LogP contribution in [-0.2, 0) is 9.53 Å². The minimum Gasteiger partial charge on any atom is -0.372 e. The summed E-state index contributed by atoms with van der Waals surface area (Å²) in [7, 11) is 1.46. The zero-order valence-electron chi connectivity index (χ0n) is 8.38. The molecule has 0 bridgehead atoms. The average molecular weight is 248 g/mol. The van der Waals surface area contributed by atoms with Crippen molar-refractivity contribution in [1.29, 1.82) is 0 Å². The Bertz CT molecular complexity index is 368. The van der Waals surface area contributed by atoms with E-state index >= 15 is 0 Å². The first-order chi connectivity index (χ1) is 7.06. The van der Waals surface area contributed by atoms with E-state index in [1.165, 1.54) is 7.11 Å². The van der Waals surface area contributed by atoms with Gasteiger partial charge in [-0.3, -0.25) is 4.79 Å². The topological polar surface area (TPSA) is 38.3 Å². The van der Waals surface area contributed by atoms with Gasteiger partial charge >= 0.3 is 0 Å². The van der Waals surface area contributed by atoms with E-state index in [1.807, 2.05) is 0 Å². The molecular weight excluding hydrogens is 237 g/mol. The third-order valence-corrected chi connectivity index (χ3v) is 2.75. The highest BCUT2D eigenvalue weighted by Gasteiger charge is 2.13. The van der Waals surface area contributed by atoms with Gasteiger partial charge in [0.25, 0.3) is 5.91 Å². The Balaban J connectivity index is 2.81. The van der Waals surface area contributed by atoms with Gasteiger partial charge in [0, 0.05) is 7.11 Å². The molecule has 1 N–H and O–H groups in total. The lowest BCUT2D eigenvalue weighted by molar-refractivity contribution is -0.124. The minimum atomic E-state index is -0.528. The maximum atomic E-state index is 11.5. The first-order valence-corrected chi connectivity index (χ1v) is 5.09. The van der Waals surface area contributed by atoms with E-state index in [2.05, 4.69) is 5.32 Å². The fraction of sp³-hybridized carbons (Fsp3) is 0.300. The summed E-state index contributed by atoms with van der Waals surface area (Å²) in [5.41, 5.74) is 0.484.